The van der Waals surface area contributed by atoms with Crippen LogP contribution in [0.5, 0.6) is 0 Å². The lowest BCUT2D eigenvalue weighted by atomic mass is 10.0. The second kappa shape index (κ2) is 5.78. The van der Waals surface area contributed by atoms with Gasteiger partial charge in [0, 0.05) is 22.8 Å². The van der Waals surface area contributed by atoms with Crippen LogP contribution in [0.15, 0.2) is 27.6 Å². The number of ether oxygens (including phenoxy) is 1. The lowest BCUT2D eigenvalue weighted by Gasteiger charge is -2.29. The first kappa shape index (κ1) is 14.8. The van der Waals surface area contributed by atoms with Gasteiger partial charge in [-0.3, -0.25) is 0 Å². The number of halogens is 1. The molecule has 1 aromatic carbocycles. The molecular formula is C12H17BrN2O3S. The summed E-state index contributed by atoms with van der Waals surface area (Å²) in [6, 6.07) is 5.08. The summed E-state index contributed by atoms with van der Waals surface area (Å²) in [5, 5.41) is 8.49. The molecule has 1 saturated heterocycles. The van der Waals surface area contributed by atoms with Crippen LogP contribution in [0, 0.1) is 0 Å². The Kier molecular flexibility index (Phi) is 4.50. The van der Waals surface area contributed by atoms with Crippen LogP contribution in [-0.2, 0) is 14.8 Å². The normalized spacial score (nSPS) is 24.2. The summed E-state index contributed by atoms with van der Waals surface area (Å²) in [4.78, 5) is 0.102. The largest absolute Gasteiger partial charge is 0.381 e. The zero-order valence-electron chi connectivity index (χ0n) is 10.6. The molecule has 1 aliphatic heterocycles. The van der Waals surface area contributed by atoms with E-state index in [-0.39, 0.29) is 11.0 Å². The monoisotopic (exact) mass is 348 g/mol. The number of nitrogens with two attached hydrogens (primary N) is 1. The third-order valence-electron chi connectivity index (χ3n) is 3.11. The van der Waals surface area contributed by atoms with E-state index >= 15 is 0 Å². The molecule has 0 aliphatic carbocycles. The average Bonchev–Trinajstić information content (AvgIpc) is 2.30. The Balaban J connectivity index is 2.13. The molecule has 19 heavy (non-hydrogen) atoms. The van der Waals surface area contributed by atoms with Gasteiger partial charge in [0.25, 0.3) is 0 Å². The number of rotatable bonds is 3. The summed E-state index contributed by atoms with van der Waals surface area (Å²) in [6.45, 7) is 2.79. The van der Waals surface area contributed by atoms with E-state index in [2.05, 4.69) is 21.2 Å². The van der Waals surface area contributed by atoms with Gasteiger partial charge < -0.3 is 10.1 Å². The summed E-state index contributed by atoms with van der Waals surface area (Å²) in [5.74, 6) is 0. The maximum Gasteiger partial charge on any atom is 0.238 e. The van der Waals surface area contributed by atoms with Crippen molar-refractivity contribution >= 4 is 31.6 Å². The number of nitrogens with one attached hydrogen (secondary N) is 1. The summed E-state index contributed by atoms with van der Waals surface area (Å²) < 4.78 is 28.7. The zero-order valence-corrected chi connectivity index (χ0v) is 13.0. The van der Waals surface area contributed by atoms with Gasteiger partial charge in [-0.05, 0) is 53.9 Å². The van der Waals surface area contributed by atoms with Crippen LogP contribution >= 0.6 is 15.9 Å². The van der Waals surface area contributed by atoms with Crippen molar-refractivity contribution < 1.29 is 13.2 Å². The number of benzene rings is 1. The SMILES string of the molecule is CC1CC(Nc2ccc(S(N)(=O)=O)cc2Br)CCO1. The molecule has 3 N–H and O–H groups in total. The van der Waals surface area contributed by atoms with E-state index in [1.165, 1.54) is 12.1 Å². The minimum absolute atomic E-state index is 0.102. The topological polar surface area (TPSA) is 81.4 Å². The number of primary sulfonamides is 1. The summed E-state index contributed by atoms with van der Waals surface area (Å²) in [5.41, 5.74) is 0.867. The van der Waals surface area contributed by atoms with Crippen molar-refractivity contribution in [2.45, 2.75) is 36.8 Å². The van der Waals surface area contributed by atoms with E-state index in [1.54, 1.807) is 6.07 Å². The highest BCUT2D eigenvalue weighted by Crippen LogP contribution is 2.28. The Bertz CT molecular complexity index is 562. The van der Waals surface area contributed by atoms with Gasteiger partial charge in [-0.1, -0.05) is 0 Å². The molecule has 1 heterocycles. The minimum atomic E-state index is -3.66. The maximum absolute atomic E-state index is 11.2. The fraction of sp³-hybridized carbons (Fsp3) is 0.500. The van der Waals surface area contributed by atoms with Crippen molar-refractivity contribution in [2.24, 2.45) is 5.14 Å². The van der Waals surface area contributed by atoms with Crippen LogP contribution in [0.4, 0.5) is 5.69 Å². The number of hydrogen-bond donors (Lipinski definition) is 2. The van der Waals surface area contributed by atoms with E-state index in [0.717, 1.165) is 25.1 Å². The highest BCUT2D eigenvalue weighted by Gasteiger charge is 2.20. The van der Waals surface area contributed by atoms with Gasteiger partial charge in [-0.25, -0.2) is 13.6 Å². The molecule has 0 saturated carbocycles. The Morgan fingerprint density at radius 2 is 2.21 bits per heavy atom. The second-order valence-corrected chi connectivity index (χ2v) is 7.15. The Hall–Kier alpha value is -0.630. The first-order valence-electron chi connectivity index (χ1n) is 6.07. The Morgan fingerprint density at radius 3 is 2.79 bits per heavy atom. The molecule has 1 aromatic rings. The smallest absolute Gasteiger partial charge is 0.238 e. The van der Waals surface area contributed by atoms with E-state index < -0.39 is 10.0 Å². The molecule has 2 unspecified atom stereocenters. The van der Waals surface area contributed by atoms with Gasteiger partial charge in [0.05, 0.1) is 11.0 Å². The summed E-state index contributed by atoms with van der Waals surface area (Å²) >= 11 is 3.37. The molecule has 2 atom stereocenters. The van der Waals surface area contributed by atoms with Crippen LogP contribution in [0.1, 0.15) is 19.8 Å². The van der Waals surface area contributed by atoms with E-state index in [9.17, 15) is 8.42 Å². The zero-order chi connectivity index (χ0) is 14.0. The third kappa shape index (κ3) is 3.92. The number of anilines is 1. The molecule has 1 fully saturated rings. The molecule has 0 amide bonds. The molecule has 0 spiro atoms. The lowest BCUT2D eigenvalue weighted by molar-refractivity contribution is 0.0232. The van der Waals surface area contributed by atoms with Crippen LogP contribution in [0.2, 0.25) is 0 Å². The predicted octanol–water partition coefficient (Wildman–Crippen LogP) is 2.08. The molecule has 0 radical (unpaired) electrons. The molecular weight excluding hydrogens is 332 g/mol. The molecule has 0 aromatic heterocycles. The quantitative estimate of drug-likeness (QED) is 0.875. The van der Waals surface area contributed by atoms with Crippen LogP contribution in [0.25, 0.3) is 0 Å². The summed E-state index contributed by atoms with van der Waals surface area (Å²) in [7, 11) is -3.66. The third-order valence-corrected chi connectivity index (χ3v) is 4.68. The fourth-order valence-electron chi connectivity index (χ4n) is 2.14. The highest BCUT2D eigenvalue weighted by molar-refractivity contribution is 9.10. The van der Waals surface area contributed by atoms with Crippen molar-refractivity contribution in [1.29, 1.82) is 0 Å². The molecule has 1 aliphatic rings. The maximum atomic E-state index is 11.2. The Morgan fingerprint density at radius 1 is 1.47 bits per heavy atom. The van der Waals surface area contributed by atoms with Gasteiger partial charge in [0.1, 0.15) is 0 Å². The first-order valence-corrected chi connectivity index (χ1v) is 8.40. The van der Waals surface area contributed by atoms with Crippen molar-refractivity contribution in [2.75, 3.05) is 11.9 Å². The van der Waals surface area contributed by atoms with E-state index in [1.807, 2.05) is 6.92 Å². The van der Waals surface area contributed by atoms with Gasteiger partial charge in [-0.15, -0.1) is 0 Å². The molecule has 2 rings (SSSR count). The van der Waals surface area contributed by atoms with Crippen LogP contribution in [0.3, 0.4) is 0 Å². The molecule has 5 nitrogen and oxygen atoms in total. The summed E-state index contributed by atoms with van der Waals surface area (Å²) in [6.07, 6.45) is 2.12. The van der Waals surface area contributed by atoms with Gasteiger partial charge in [-0.2, -0.15) is 0 Å². The van der Waals surface area contributed by atoms with Crippen molar-refractivity contribution in [3.05, 3.63) is 22.7 Å². The highest BCUT2D eigenvalue weighted by atomic mass is 79.9. The van der Waals surface area contributed by atoms with Crippen molar-refractivity contribution in [1.82, 2.24) is 0 Å². The van der Waals surface area contributed by atoms with E-state index in [0.29, 0.717) is 10.5 Å². The van der Waals surface area contributed by atoms with Gasteiger partial charge in [0.15, 0.2) is 0 Å². The van der Waals surface area contributed by atoms with Crippen LogP contribution in [-0.4, -0.2) is 27.2 Å². The van der Waals surface area contributed by atoms with E-state index in [4.69, 9.17) is 9.88 Å². The fourth-order valence-corrected chi connectivity index (χ4v) is 3.32. The predicted molar refractivity (Wildman–Crippen MR) is 77.6 cm³/mol. The second-order valence-electron chi connectivity index (χ2n) is 4.73. The molecule has 0 bridgehead atoms. The molecule has 7 heteroatoms. The number of sulfonamides is 1. The standard InChI is InChI=1S/C12H17BrN2O3S/c1-8-6-9(4-5-18-8)15-12-3-2-10(7-11(12)13)19(14,16)17/h2-3,7-9,15H,4-6H2,1H3,(H2,14,16,17). The van der Waals surface area contributed by atoms with Crippen LogP contribution < -0.4 is 10.5 Å². The first-order chi connectivity index (χ1) is 8.86. The van der Waals surface area contributed by atoms with Gasteiger partial charge >= 0.3 is 0 Å². The van der Waals surface area contributed by atoms with Crippen molar-refractivity contribution in [3.63, 3.8) is 0 Å². The minimum Gasteiger partial charge on any atom is -0.381 e. The Labute approximate surface area is 121 Å². The van der Waals surface area contributed by atoms with Gasteiger partial charge in [0.2, 0.25) is 10.0 Å². The number of hydrogen-bond acceptors (Lipinski definition) is 4. The lowest BCUT2D eigenvalue weighted by Crippen LogP contribution is -2.32. The average molecular weight is 349 g/mol. The van der Waals surface area contributed by atoms with Crippen molar-refractivity contribution in [3.8, 4) is 0 Å². The molecule has 106 valence electrons.